The van der Waals surface area contributed by atoms with Crippen LogP contribution in [0.5, 0.6) is 0 Å². The highest BCUT2D eigenvalue weighted by Crippen LogP contribution is 2.24. The number of rotatable bonds is 3. The Morgan fingerprint density at radius 1 is 0.906 bits per heavy atom. The van der Waals surface area contributed by atoms with E-state index >= 15 is 0 Å². The number of nitrogens with zero attached hydrogens (tertiary/aromatic N) is 4. The molecule has 0 saturated heterocycles. The van der Waals surface area contributed by atoms with Crippen LogP contribution >= 0.6 is 11.6 Å². The summed E-state index contributed by atoms with van der Waals surface area (Å²) < 4.78 is 1.30. The largest absolute Gasteiger partial charge is 0.297 e. The Labute approximate surface area is 188 Å². The summed E-state index contributed by atoms with van der Waals surface area (Å²) in [5, 5.41) is 2.25. The molecule has 0 bridgehead atoms. The van der Waals surface area contributed by atoms with Crippen molar-refractivity contribution in [1.29, 1.82) is 0 Å². The van der Waals surface area contributed by atoms with Gasteiger partial charge in [0.25, 0.3) is 11.5 Å². The summed E-state index contributed by atoms with van der Waals surface area (Å²) in [5.74, 6) is 0.319. The molecule has 2 heterocycles. The molecule has 0 unspecified atom stereocenters. The van der Waals surface area contributed by atoms with E-state index in [1.54, 1.807) is 49.4 Å². The molecule has 0 radical (unpaired) electrons. The minimum atomic E-state index is -0.418. The van der Waals surface area contributed by atoms with Crippen LogP contribution in [0.3, 0.4) is 0 Å². The molecule has 156 valence electrons. The van der Waals surface area contributed by atoms with Crippen LogP contribution < -0.4 is 10.6 Å². The number of para-hydroxylation sites is 1. The van der Waals surface area contributed by atoms with Gasteiger partial charge in [0.15, 0.2) is 5.82 Å². The lowest BCUT2D eigenvalue weighted by Crippen LogP contribution is -2.47. The van der Waals surface area contributed by atoms with Gasteiger partial charge in [-0.1, -0.05) is 66.2 Å². The Hall–Kier alpha value is -4.03. The first-order valence-corrected chi connectivity index (χ1v) is 10.4. The number of amidine groups is 1. The third-order valence-electron chi connectivity index (χ3n) is 5.14. The van der Waals surface area contributed by atoms with Crippen LogP contribution in [0.15, 0.2) is 94.3 Å². The third kappa shape index (κ3) is 3.40. The van der Waals surface area contributed by atoms with E-state index in [4.69, 9.17) is 16.6 Å². The number of carbonyl (C=O) groups is 1. The maximum Gasteiger partial charge on any atom is 0.297 e. The molecule has 1 aromatic heterocycles. The van der Waals surface area contributed by atoms with Gasteiger partial charge in [-0.3, -0.25) is 9.59 Å². The minimum absolute atomic E-state index is 0.212. The summed E-state index contributed by atoms with van der Waals surface area (Å²) in [6.45, 7) is 1.69. The molecular formula is C25H17ClN4O2. The van der Waals surface area contributed by atoms with E-state index in [0.717, 1.165) is 5.56 Å². The summed E-state index contributed by atoms with van der Waals surface area (Å²) in [6, 6.07) is 23.5. The van der Waals surface area contributed by atoms with Crippen LogP contribution in [0.1, 0.15) is 12.5 Å². The minimum Gasteiger partial charge on any atom is -0.267 e. The average Bonchev–Trinajstić information content (AvgIpc) is 3.07. The number of aliphatic imine (C=N–C) groups is 1. The normalized spacial score (nSPS) is 14.9. The monoisotopic (exact) mass is 440 g/mol. The molecule has 0 aliphatic carbocycles. The van der Waals surface area contributed by atoms with E-state index in [1.807, 2.05) is 42.5 Å². The van der Waals surface area contributed by atoms with Crippen molar-refractivity contribution >= 4 is 40.3 Å². The topological polar surface area (TPSA) is 67.6 Å². The van der Waals surface area contributed by atoms with Gasteiger partial charge >= 0.3 is 0 Å². The Morgan fingerprint density at radius 3 is 2.44 bits per heavy atom. The maximum absolute atomic E-state index is 13.5. The number of amides is 1. The Morgan fingerprint density at radius 2 is 1.66 bits per heavy atom. The summed E-state index contributed by atoms with van der Waals surface area (Å²) in [5.41, 5.74) is 1.88. The van der Waals surface area contributed by atoms with Crippen molar-refractivity contribution in [3.63, 3.8) is 0 Å². The van der Waals surface area contributed by atoms with E-state index in [1.165, 1.54) is 9.69 Å². The average molecular weight is 441 g/mol. The first-order chi connectivity index (χ1) is 15.5. The van der Waals surface area contributed by atoms with Crippen LogP contribution in [0.25, 0.3) is 28.4 Å². The fourth-order valence-corrected chi connectivity index (χ4v) is 3.89. The van der Waals surface area contributed by atoms with Crippen molar-refractivity contribution < 1.29 is 4.79 Å². The zero-order chi connectivity index (χ0) is 22.2. The standard InChI is InChI=1S/C25H17ClN4O2/c1-16-27-22(15-17-8-7-11-19(26)14-17)25(32)29(16)30-23(18-9-3-2-4-10-18)28-21-13-6-5-12-20(21)24(30)31/h2-15H,1H3/b22-15-. The highest BCUT2D eigenvalue weighted by molar-refractivity contribution is 6.30. The van der Waals surface area contributed by atoms with E-state index in [-0.39, 0.29) is 11.3 Å². The molecule has 7 heteroatoms. The van der Waals surface area contributed by atoms with Crippen molar-refractivity contribution in [2.75, 3.05) is 5.01 Å². The van der Waals surface area contributed by atoms with E-state index in [9.17, 15) is 9.59 Å². The molecule has 0 atom stereocenters. The second-order valence-electron chi connectivity index (χ2n) is 7.30. The van der Waals surface area contributed by atoms with Crippen molar-refractivity contribution in [2.45, 2.75) is 6.92 Å². The van der Waals surface area contributed by atoms with Crippen LogP contribution in [0.4, 0.5) is 0 Å². The van der Waals surface area contributed by atoms with Gasteiger partial charge in [0.2, 0.25) is 0 Å². The van der Waals surface area contributed by atoms with Crippen molar-refractivity contribution in [3.05, 3.63) is 105 Å². The van der Waals surface area contributed by atoms with Crippen molar-refractivity contribution in [2.24, 2.45) is 4.99 Å². The summed E-state index contributed by atoms with van der Waals surface area (Å²) in [7, 11) is 0. The van der Waals surface area contributed by atoms with Crippen molar-refractivity contribution in [1.82, 2.24) is 9.66 Å². The molecule has 0 fully saturated rings. The summed E-state index contributed by atoms with van der Waals surface area (Å²) in [4.78, 5) is 36.1. The number of halogens is 1. The van der Waals surface area contributed by atoms with E-state index in [2.05, 4.69) is 4.99 Å². The molecule has 5 rings (SSSR count). The second-order valence-corrected chi connectivity index (χ2v) is 7.73. The lowest BCUT2D eigenvalue weighted by molar-refractivity contribution is -0.115. The number of fused-ring (bicyclic) bond motifs is 1. The number of aromatic nitrogens is 2. The Bertz CT molecular complexity index is 1490. The van der Waals surface area contributed by atoms with Gasteiger partial charge in [0.1, 0.15) is 11.5 Å². The van der Waals surface area contributed by atoms with Crippen LogP contribution in [0, 0.1) is 0 Å². The van der Waals surface area contributed by atoms with Gasteiger partial charge < -0.3 is 0 Å². The lowest BCUT2D eigenvalue weighted by atomic mass is 10.2. The van der Waals surface area contributed by atoms with Crippen LogP contribution in [-0.2, 0) is 4.79 Å². The molecule has 1 aliphatic heterocycles. The molecule has 0 saturated carbocycles. The Kier molecular flexibility index (Phi) is 4.92. The first-order valence-electron chi connectivity index (χ1n) is 9.97. The third-order valence-corrected chi connectivity index (χ3v) is 5.37. The van der Waals surface area contributed by atoms with E-state index < -0.39 is 5.91 Å². The molecule has 6 nitrogen and oxygen atoms in total. The molecule has 1 amide bonds. The van der Waals surface area contributed by atoms with Gasteiger partial charge in [0.05, 0.1) is 10.9 Å². The van der Waals surface area contributed by atoms with Gasteiger partial charge in [0, 0.05) is 10.6 Å². The molecule has 3 aromatic carbocycles. The first kappa shape index (κ1) is 19.9. The number of hydrogen-bond donors (Lipinski definition) is 0. The Balaban J connectivity index is 1.71. The smallest absolute Gasteiger partial charge is 0.267 e. The fourth-order valence-electron chi connectivity index (χ4n) is 3.69. The summed E-state index contributed by atoms with van der Waals surface area (Å²) in [6.07, 6.45) is 1.65. The van der Waals surface area contributed by atoms with Gasteiger partial charge in [-0.15, -0.1) is 0 Å². The molecule has 4 aromatic rings. The number of carbonyl (C=O) groups excluding carboxylic acids is 1. The van der Waals surface area contributed by atoms with Crippen LogP contribution in [0.2, 0.25) is 5.02 Å². The van der Waals surface area contributed by atoms with Crippen molar-refractivity contribution in [3.8, 4) is 11.4 Å². The zero-order valence-corrected chi connectivity index (χ0v) is 17.8. The fraction of sp³-hybridized carbons (Fsp3) is 0.0400. The molecule has 1 aliphatic rings. The highest BCUT2D eigenvalue weighted by Gasteiger charge is 2.32. The number of hydrogen-bond acceptors (Lipinski definition) is 4. The summed E-state index contributed by atoms with van der Waals surface area (Å²) >= 11 is 6.07. The quantitative estimate of drug-likeness (QED) is 0.435. The molecule has 0 N–H and O–H groups in total. The predicted molar refractivity (Wildman–Crippen MR) is 127 cm³/mol. The SMILES string of the molecule is CC1=N/C(=C\c2cccc(Cl)c2)C(=O)N1n1c(-c2ccccc2)nc2ccccc2c1=O. The van der Waals surface area contributed by atoms with Gasteiger partial charge in [-0.05, 0) is 42.8 Å². The number of benzene rings is 3. The lowest BCUT2D eigenvalue weighted by Gasteiger charge is -2.22. The van der Waals surface area contributed by atoms with Gasteiger partial charge in [-0.2, -0.15) is 9.69 Å². The molecule has 0 spiro atoms. The van der Waals surface area contributed by atoms with E-state index in [0.29, 0.717) is 33.1 Å². The highest BCUT2D eigenvalue weighted by atomic mass is 35.5. The second kappa shape index (κ2) is 7.90. The predicted octanol–water partition coefficient (Wildman–Crippen LogP) is 4.65. The van der Waals surface area contributed by atoms with Gasteiger partial charge in [-0.25, -0.2) is 9.98 Å². The maximum atomic E-state index is 13.5. The molecule has 32 heavy (non-hydrogen) atoms. The molecular weight excluding hydrogens is 424 g/mol. The zero-order valence-electron chi connectivity index (χ0n) is 17.1. The van der Waals surface area contributed by atoms with Crippen LogP contribution in [-0.4, -0.2) is 21.4 Å².